The average Bonchev–Trinajstić information content (AvgIpc) is 3.48. The molecule has 1 aromatic carbocycles. The molecule has 1 atom stereocenters. The summed E-state index contributed by atoms with van der Waals surface area (Å²) in [5, 5.41) is 16.1. The molecule has 0 aliphatic carbocycles. The first-order valence-corrected chi connectivity index (χ1v) is 13.1. The summed E-state index contributed by atoms with van der Waals surface area (Å²) >= 11 is 0. The van der Waals surface area contributed by atoms with E-state index in [2.05, 4.69) is 33.0 Å². The molecule has 1 saturated heterocycles. The molecule has 0 radical (unpaired) electrons. The van der Waals surface area contributed by atoms with Crippen molar-refractivity contribution in [2.24, 2.45) is 0 Å². The standard InChI is InChI=1S/C27H39N5O5/c1-19-22(18-36-31-19)20-15-23(21-17-30-32(24(21)16-20)25-9-5-7-13-35-25)28-11-14-34-12-8-6-10-29-26(33)37-27(2,3)4/h15-18,25,28H,5-14H2,1-4H3,(H,29,33). The molecule has 1 fully saturated rings. The summed E-state index contributed by atoms with van der Waals surface area (Å²) in [4.78, 5) is 11.7. The number of fused-ring (bicyclic) bond motifs is 1. The smallest absolute Gasteiger partial charge is 0.407 e. The quantitative estimate of drug-likeness (QED) is 0.326. The summed E-state index contributed by atoms with van der Waals surface area (Å²) < 4.78 is 24.2. The highest BCUT2D eigenvalue weighted by Gasteiger charge is 2.21. The molecule has 0 spiro atoms. The molecule has 4 rings (SSSR count). The highest BCUT2D eigenvalue weighted by molar-refractivity contribution is 5.96. The number of carbonyl (C=O) groups is 1. The molecule has 10 heteroatoms. The number of ether oxygens (including phenoxy) is 3. The fraction of sp³-hybridized carbons (Fsp3) is 0.593. The summed E-state index contributed by atoms with van der Waals surface area (Å²) in [6.07, 6.45) is 8.02. The predicted octanol–water partition coefficient (Wildman–Crippen LogP) is 5.43. The number of nitrogens with one attached hydrogen (secondary N) is 2. The highest BCUT2D eigenvalue weighted by atomic mass is 16.6. The van der Waals surface area contributed by atoms with E-state index in [0.29, 0.717) is 26.3 Å². The van der Waals surface area contributed by atoms with Crippen molar-refractivity contribution in [2.75, 3.05) is 38.2 Å². The molecule has 1 aliphatic rings. The summed E-state index contributed by atoms with van der Waals surface area (Å²) in [5.41, 5.74) is 4.34. The van der Waals surface area contributed by atoms with E-state index in [4.69, 9.17) is 18.7 Å². The van der Waals surface area contributed by atoms with Crippen molar-refractivity contribution in [1.82, 2.24) is 20.3 Å². The topological polar surface area (TPSA) is 113 Å². The van der Waals surface area contributed by atoms with Crippen LogP contribution in [0.25, 0.3) is 22.0 Å². The molecule has 2 aromatic heterocycles. The largest absolute Gasteiger partial charge is 0.444 e. The van der Waals surface area contributed by atoms with Crippen LogP contribution in [0.4, 0.5) is 10.5 Å². The Morgan fingerprint density at radius 1 is 1.19 bits per heavy atom. The van der Waals surface area contributed by atoms with Crippen LogP contribution < -0.4 is 10.6 Å². The van der Waals surface area contributed by atoms with Gasteiger partial charge in [0, 0.05) is 42.9 Å². The van der Waals surface area contributed by atoms with Gasteiger partial charge in [-0.1, -0.05) is 5.16 Å². The number of carbonyl (C=O) groups excluding carboxylic acids is 1. The van der Waals surface area contributed by atoms with Gasteiger partial charge in [-0.25, -0.2) is 9.48 Å². The van der Waals surface area contributed by atoms with Gasteiger partial charge in [0.15, 0.2) is 6.23 Å². The lowest BCUT2D eigenvalue weighted by Gasteiger charge is -2.23. The number of amides is 1. The van der Waals surface area contributed by atoms with Gasteiger partial charge in [0.05, 0.1) is 24.0 Å². The zero-order chi connectivity index (χ0) is 26.3. The third-order valence-electron chi connectivity index (χ3n) is 6.15. The summed E-state index contributed by atoms with van der Waals surface area (Å²) in [6.45, 7) is 10.7. The third-order valence-corrected chi connectivity index (χ3v) is 6.15. The van der Waals surface area contributed by atoms with Crippen LogP contribution >= 0.6 is 0 Å². The lowest BCUT2D eigenvalue weighted by Crippen LogP contribution is -2.33. The van der Waals surface area contributed by atoms with E-state index >= 15 is 0 Å². The van der Waals surface area contributed by atoms with E-state index in [-0.39, 0.29) is 12.3 Å². The van der Waals surface area contributed by atoms with Crippen LogP contribution in [0.1, 0.15) is 64.8 Å². The van der Waals surface area contributed by atoms with Gasteiger partial charge in [0.2, 0.25) is 0 Å². The number of alkyl carbamates (subject to hydrolysis) is 1. The van der Waals surface area contributed by atoms with Crippen LogP contribution in [0.5, 0.6) is 0 Å². The summed E-state index contributed by atoms with van der Waals surface area (Å²) in [7, 11) is 0. The van der Waals surface area contributed by atoms with E-state index in [1.807, 2.05) is 38.6 Å². The van der Waals surface area contributed by atoms with Crippen molar-refractivity contribution in [3.05, 3.63) is 30.3 Å². The van der Waals surface area contributed by atoms with Gasteiger partial charge < -0.3 is 29.4 Å². The van der Waals surface area contributed by atoms with Gasteiger partial charge in [-0.3, -0.25) is 0 Å². The van der Waals surface area contributed by atoms with Gasteiger partial charge in [0.1, 0.15) is 11.9 Å². The lowest BCUT2D eigenvalue weighted by atomic mass is 10.0. The molecule has 0 saturated carbocycles. The number of nitrogens with zero attached hydrogens (tertiary/aromatic N) is 3. The molecule has 2 N–H and O–H groups in total. The molecular weight excluding hydrogens is 474 g/mol. The van der Waals surface area contributed by atoms with Gasteiger partial charge in [-0.15, -0.1) is 0 Å². The fourth-order valence-electron chi connectivity index (χ4n) is 4.36. The van der Waals surface area contributed by atoms with Crippen molar-refractivity contribution < 1.29 is 23.5 Å². The van der Waals surface area contributed by atoms with E-state index in [0.717, 1.165) is 72.1 Å². The monoisotopic (exact) mass is 513 g/mol. The van der Waals surface area contributed by atoms with Crippen LogP contribution in [0.3, 0.4) is 0 Å². The maximum Gasteiger partial charge on any atom is 0.407 e. The van der Waals surface area contributed by atoms with Crippen molar-refractivity contribution >= 4 is 22.7 Å². The minimum absolute atomic E-state index is 0.0499. The highest BCUT2D eigenvalue weighted by Crippen LogP contribution is 2.35. The summed E-state index contributed by atoms with van der Waals surface area (Å²) in [5.74, 6) is 0. The van der Waals surface area contributed by atoms with Crippen molar-refractivity contribution in [2.45, 2.75) is 71.6 Å². The number of rotatable bonds is 11. The number of unbranched alkanes of at least 4 members (excludes halogenated alkanes) is 1. The zero-order valence-corrected chi connectivity index (χ0v) is 22.3. The van der Waals surface area contributed by atoms with Crippen LogP contribution in [-0.4, -0.2) is 59.5 Å². The summed E-state index contributed by atoms with van der Waals surface area (Å²) in [6, 6.07) is 4.24. The Kier molecular flexibility index (Phi) is 9.04. The molecule has 3 heterocycles. The van der Waals surface area contributed by atoms with E-state index in [1.54, 1.807) is 6.26 Å². The van der Waals surface area contributed by atoms with Gasteiger partial charge in [0.25, 0.3) is 0 Å². The molecule has 0 bridgehead atoms. The molecule has 3 aromatic rings. The Bertz CT molecular complexity index is 1160. The molecule has 1 aliphatic heterocycles. The second kappa shape index (κ2) is 12.4. The predicted molar refractivity (Wildman–Crippen MR) is 142 cm³/mol. The minimum Gasteiger partial charge on any atom is -0.444 e. The molecule has 1 unspecified atom stereocenters. The molecule has 202 valence electrons. The first-order chi connectivity index (χ1) is 17.8. The maximum atomic E-state index is 11.7. The van der Waals surface area contributed by atoms with E-state index in [1.165, 1.54) is 0 Å². The lowest BCUT2D eigenvalue weighted by molar-refractivity contribution is -0.0366. The van der Waals surface area contributed by atoms with E-state index < -0.39 is 5.60 Å². The SMILES string of the molecule is Cc1nocc1-c1cc(NCCOCCCCNC(=O)OC(C)(C)C)c2cnn(C3CCCCO3)c2c1. The van der Waals surface area contributed by atoms with Crippen LogP contribution in [0.15, 0.2) is 29.1 Å². The van der Waals surface area contributed by atoms with Gasteiger partial charge in [-0.05, 0) is 77.5 Å². The van der Waals surface area contributed by atoms with Crippen molar-refractivity contribution in [3.63, 3.8) is 0 Å². The Morgan fingerprint density at radius 3 is 2.78 bits per heavy atom. The van der Waals surface area contributed by atoms with Crippen LogP contribution in [0, 0.1) is 6.92 Å². The average molecular weight is 514 g/mol. The number of hydrogen-bond acceptors (Lipinski definition) is 8. The first kappa shape index (κ1) is 26.9. The Balaban J connectivity index is 1.31. The normalized spacial score (nSPS) is 16.2. The van der Waals surface area contributed by atoms with Crippen LogP contribution in [-0.2, 0) is 14.2 Å². The Labute approximate surface area is 218 Å². The Morgan fingerprint density at radius 2 is 2.05 bits per heavy atom. The number of anilines is 1. The number of aryl methyl sites for hydroxylation is 1. The molecule has 1 amide bonds. The van der Waals surface area contributed by atoms with Gasteiger partial charge in [-0.2, -0.15) is 5.10 Å². The minimum atomic E-state index is -0.484. The van der Waals surface area contributed by atoms with Crippen LogP contribution in [0.2, 0.25) is 0 Å². The van der Waals surface area contributed by atoms with E-state index in [9.17, 15) is 4.79 Å². The van der Waals surface area contributed by atoms with Crippen molar-refractivity contribution in [3.8, 4) is 11.1 Å². The number of benzene rings is 1. The molecule has 10 nitrogen and oxygen atoms in total. The number of aromatic nitrogens is 3. The molecular formula is C27H39N5O5. The zero-order valence-electron chi connectivity index (χ0n) is 22.3. The second-order valence-corrected chi connectivity index (χ2v) is 10.4. The molecule has 37 heavy (non-hydrogen) atoms. The van der Waals surface area contributed by atoms with Gasteiger partial charge >= 0.3 is 6.09 Å². The van der Waals surface area contributed by atoms with Crippen molar-refractivity contribution in [1.29, 1.82) is 0 Å². The second-order valence-electron chi connectivity index (χ2n) is 10.4. The third kappa shape index (κ3) is 7.45. The Hall–Kier alpha value is -3.11. The first-order valence-electron chi connectivity index (χ1n) is 13.1. The maximum absolute atomic E-state index is 11.7. The fourth-order valence-corrected chi connectivity index (χ4v) is 4.36. The number of hydrogen-bond donors (Lipinski definition) is 2.